The largest absolute Gasteiger partial charge is 0.478 e. The summed E-state index contributed by atoms with van der Waals surface area (Å²) in [4.78, 5) is 26.6. The molecule has 1 saturated heterocycles. The lowest BCUT2D eigenvalue weighted by molar-refractivity contribution is -0.139. The maximum absolute atomic E-state index is 14.9. The molecule has 2 heterocycles. The minimum atomic E-state index is -0.906. The smallest absolute Gasteiger partial charge is 0.336 e. The van der Waals surface area contributed by atoms with Crippen LogP contribution < -0.4 is 10.4 Å². The van der Waals surface area contributed by atoms with Crippen LogP contribution in [-0.2, 0) is 4.79 Å². The van der Waals surface area contributed by atoms with E-state index in [2.05, 4.69) is 6.92 Å². The predicted molar refractivity (Wildman–Crippen MR) is 118 cm³/mol. The molecule has 2 aromatic carbocycles. The van der Waals surface area contributed by atoms with Crippen molar-refractivity contribution in [2.75, 3.05) is 13.1 Å². The molecule has 1 fully saturated rings. The summed E-state index contributed by atoms with van der Waals surface area (Å²) in [6.07, 6.45) is 0.933. The van der Waals surface area contributed by atoms with Crippen LogP contribution in [0.3, 0.4) is 0 Å². The first kappa shape index (κ1) is 22.3. The Labute approximate surface area is 188 Å². The lowest BCUT2D eigenvalue weighted by Crippen LogP contribution is -2.44. The van der Waals surface area contributed by atoms with Crippen molar-refractivity contribution in [3.63, 3.8) is 0 Å². The fourth-order valence-electron chi connectivity index (χ4n) is 3.91. The molecule has 3 aromatic rings. The Hall–Kier alpha value is -2.93. The molecule has 32 heavy (non-hydrogen) atoms. The Balaban J connectivity index is 1.67. The van der Waals surface area contributed by atoms with E-state index in [9.17, 15) is 18.4 Å². The average molecular weight is 462 g/mol. The lowest BCUT2D eigenvalue weighted by Gasteiger charge is -2.32. The molecule has 0 bridgehead atoms. The monoisotopic (exact) mass is 461 g/mol. The van der Waals surface area contributed by atoms with Crippen LogP contribution in [-0.4, -0.2) is 30.0 Å². The Kier molecular flexibility index (Phi) is 6.20. The fraction of sp³-hybridized carbons (Fsp3) is 0.333. The second kappa shape index (κ2) is 8.90. The molecule has 4 rings (SSSR count). The first-order valence-electron chi connectivity index (χ1n) is 10.4. The van der Waals surface area contributed by atoms with Gasteiger partial charge in [-0.15, -0.1) is 0 Å². The van der Waals surface area contributed by atoms with E-state index in [0.717, 1.165) is 25.0 Å². The van der Waals surface area contributed by atoms with Crippen molar-refractivity contribution < 1.29 is 22.7 Å². The molecule has 1 aliphatic heterocycles. The number of piperidine rings is 1. The third-order valence-corrected chi connectivity index (χ3v) is 6.08. The quantitative estimate of drug-likeness (QED) is 0.487. The number of hydrogen-bond donors (Lipinski definition) is 0. The maximum atomic E-state index is 14.9. The zero-order valence-corrected chi connectivity index (χ0v) is 18.4. The number of rotatable bonds is 4. The van der Waals surface area contributed by atoms with Crippen molar-refractivity contribution in [1.82, 2.24) is 4.90 Å². The van der Waals surface area contributed by atoms with E-state index < -0.39 is 23.4 Å². The third kappa shape index (κ3) is 4.48. The number of ether oxygens (including phenoxy) is 1. The normalized spacial score (nSPS) is 15.7. The highest BCUT2D eigenvalue weighted by Crippen LogP contribution is 2.35. The summed E-state index contributed by atoms with van der Waals surface area (Å²) in [6, 6.07) is 7.29. The third-order valence-electron chi connectivity index (χ3n) is 5.77. The van der Waals surface area contributed by atoms with Crippen LogP contribution in [0.25, 0.3) is 22.1 Å². The summed E-state index contributed by atoms with van der Waals surface area (Å²) in [5, 5.41) is 0.347. The zero-order valence-electron chi connectivity index (χ0n) is 17.7. The molecule has 0 spiro atoms. The van der Waals surface area contributed by atoms with Gasteiger partial charge in [0.2, 0.25) is 0 Å². The molecule has 5 nitrogen and oxygen atoms in total. The average Bonchev–Trinajstić information content (AvgIpc) is 2.74. The van der Waals surface area contributed by atoms with E-state index in [1.807, 2.05) is 0 Å². The highest BCUT2D eigenvalue weighted by atomic mass is 35.5. The summed E-state index contributed by atoms with van der Waals surface area (Å²) < 4.78 is 39.2. The fourth-order valence-corrected chi connectivity index (χ4v) is 4.18. The van der Waals surface area contributed by atoms with Gasteiger partial charge < -0.3 is 14.1 Å². The number of fused-ring (bicyclic) bond motifs is 1. The molecule has 0 radical (unpaired) electrons. The van der Waals surface area contributed by atoms with Crippen molar-refractivity contribution in [1.29, 1.82) is 0 Å². The molecule has 1 atom stereocenters. The minimum Gasteiger partial charge on any atom is -0.478 e. The molecule has 8 heteroatoms. The van der Waals surface area contributed by atoms with E-state index in [4.69, 9.17) is 20.8 Å². The number of carbonyl (C=O) groups is 1. The Morgan fingerprint density at radius 1 is 1.16 bits per heavy atom. The first-order chi connectivity index (χ1) is 15.2. The van der Waals surface area contributed by atoms with E-state index in [0.29, 0.717) is 30.1 Å². The molecular formula is C24H22ClF2NO4. The van der Waals surface area contributed by atoms with Crippen LogP contribution in [0.2, 0.25) is 5.02 Å². The summed E-state index contributed by atoms with van der Waals surface area (Å²) in [6.45, 7) is 5.00. The standard InChI is InChI=1S/C24H22ClF2NO4/c1-13-5-7-28(8-6-13)24(30)14(2)31-22-12-21-18(10-20(22)27)17(11-23(29)32-21)16-4-3-15(26)9-19(16)25/h3-4,9-14H,5-8H2,1-2H3/t14-/m1/s1. The summed E-state index contributed by atoms with van der Waals surface area (Å²) >= 11 is 6.14. The summed E-state index contributed by atoms with van der Waals surface area (Å²) in [5.41, 5.74) is 0.0490. The number of nitrogens with zero attached hydrogens (tertiary/aromatic N) is 1. The van der Waals surface area contributed by atoms with Gasteiger partial charge in [-0.2, -0.15) is 0 Å². The number of carbonyl (C=O) groups excluding carboxylic acids is 1. The van der Waals surface area contributed by atoms with Crippen LogP contribution in [0.1, 0.15) is 26.7 Å². The Morgan fingerprint density at radius 2 is 1.88 bits per heavy atom. The molecule has 0 N–H and O–H groups in total. The summed E-state index contributed by atoms with van der Waals surface area (Å²) in [7, 11) is 0. The molecule has 1 amide bonds. The van der Waals surface area contributed by atoms with Crippen molar-refractivity contribution >= 4 is 28.5 Å². The van der Waals surface area contributed by atoms with Gasteiger partial charge in [0.15, 0.2) is 17.7 Å². The molecule has 0 aliphatic carbocycles. The van der Waals surface area contributed by atoms with Crippen molar-refractivity contribution in [2.45, 2.75) is 32.8 Å². The van der Waals surface area contributed by atoms with Gasteiger partial charge in [-0.05, 0) is 49.9 Å². The van der Waals surface area contributed by atoms with E-state index in [1.165, 1.54) is 24.3 Å². The second-order valence-corrected chi connectivity index (χ2v) is 8.56. The van der Waals surface area contributed by atoms with E-state index >= 15 is 0 Å². The second-order valence-electron chi connectivity index (χ2n) is 8.15. The zero-order chi connectivity index (χ0) is 23.0. The molecule has 0 saturated carbocycles. The number of halogens is 3. The van der Waals surface area contributed by atoms with Crippen LogP contribution in [0.4, 0.5) is 8.78 Å². The number of likely N-dealkylation sites (tertiary alicyclic amines) is 1. The topological polar surface area (TPSA) is 59.8 Å². The molecule has 168 valence electrons. The van der Waals surface area contributed by atoms with Crippen LogP contribution in [0, 0.1) is 17.6 Å². The number of hydrogen-bond acceptors (Lipinski definition) is 4. The Morgan fingerprint density at radius 3 is 2.56 bits per heavy atom. The van der Waals surface area contributed by atoms with Gasteiger partial charge in [0.05, 0.1) is 5.02 Å². The minimum absolute atomic E-state index is 0.0655. The molecular weight excluding hydrogens is 440 g/mol. The van der Waals surface area contributed by atoms with Gasteiger partial charge in [0, 0.05) is 41.7 Å². The SMILES string of the molecule is CC1CCN(C(=O)[C@@H](C)Oc2cc3oc(=O)cc(-c4ccc(F)cc4Cl)c3cc2F)CC1. The highest BCUT2D eigenvalue weighted by molar-refractivity contribution is 6.33. The number of amides is 1. The van der Waals surface area contributed by atoms with Gasteiger partial charge in [0.1, 0.15) is 11.4 Å². The van der Waals surface area contributed by atoms with Gasteiger partial charge >= 0.3 is 5.63 Å². The van der Waals surface area contributed by atoms with Crippen LogP contribution in [0.5, 0.6) is 5.75 Å². The molecule has 0 unspecified atom stereocenters. The highest BCUT2D eigenvalue weighted by Gasteiger charge is 2.26. The summed E-state index contributed by atoms with van der Waals surface area (Å²) in [5.74, 6) is -1.11. The van der Waals surface area contributed by atoms with Crippen molar-refractivity contribution in [3.05, 3.63) is 63.5 Å². The van der Waals surface area contributed by atoms with Gasteiger partial charge in [0.25, 0.3) is 5.91 Å². The predicted octanol–water partition coefficient (Wildman–Crippen LogP) is 5.42. The van der Waals surface area contributed by atoms with Crippen molar-refractivity contribution in [2.24, 2.45) is 5.92 Å². The van der Waals surface area contributed by atoms with Crippen LogP contribution >= 0.6 is 11.6 Å². The lowest BCUT2D eigenvalue weighted by atomic mass is 9.99. The van der Waals surface area contributed by atoms with Crippen LogP contribution in [0.15, 0.2) is 45.6 Å². The van der Waals surface area contributed by atoms with Gasteiger partial charge in [-0.3, -0.25) is 4.79 Å². The van der Waals surface area contributed by atoms with E-state index in [1.54, 1.807) is 11.8 Å². The van der Waals surface area contributed by atoms with Gasteiger partial charge in [-0.25, -0.2) is 13.6 Å². The van der Waals surface area contributed by atoms with Gasteiger partial charge in [-0.1, -0.05) is 18.5 Å². The Bertz CT molecular complexity index is 1230. The van der Waals surface area contributed by atoms with E-state index in [-0.39, 0.29) is 27.6 Å². The van der Waals surface area contributed by atoms with Crippen molar-refractivity contribution in [3.8, 4) is 16.9 Å². The first-order valence-corrected chi connectivity index (χ1v) is 10.8. The number of benzene rings is 2. The molecule has 1 aromatic heterocycles. The maximum Gasteiger partial charge on any atom is 0.336 e. The molecule has 1 aliphatic rings.